The number of carbonyl (C=O) groups excluding carboxylic acids is 2. The molecule has 166 valence electrons. The molecular formula is C22H25ClN2O6. The van der Waals surface area contributed by atoms with Gasteiger partial charge >= 0.3 is 0 Å². The topological polar surface area (TPSA) is 100 Å². The van der Waals surface area contributed by atoms with E-state index in [2.05, 4.69) is 0 Å². The minimum atomic E-state index is -1.05. The number of rotatable bonds is 9. The fraction of sp³-hybridized carbons (Fsp3) is 0.364. The molecule has 0 spiro atoms. The van der Waals surface area contributed by atoms with Crippen molar-refractivity contribution in [3.8, 4) is 17.2 Å². The third kappa shape index (κ3) is 6.26. The highest BCUT2D eigenvalue weighted by Gasteiger charge is 2.41. The molecule has 0 aromatic heterocycles. The molecular weight excluding hydrogens is 424 g/mol. The molecule has 31 heavy (non-hydrogen) atoms. The standard InChI is InChI=1S/C22H25ClN2O6/c1-28-18-4-2-3-5-19(18)29-13-21(27)25-10-11-31-22(14-25,12-20(24)26)15-30-17-8-6-16(23)7-9-17/h2-9H,10-15H2,1H3,(H2,24,26). The number of nitrogens with two attached hydrogens (primary N) is 1. The zero-order chi connectivity index (χ0) is 22.3. The second-order valence-corrected chi connectivity index (χ2v) is 7.61. The summed E-state index contributed by atoms with van der Waals surface area (Å²) in [5, 5.41) is 0.583. The number of hydrogen-bond acceptors (Lipinski definition) is 6. The molecule has 1 aliphatic rings. The third-order valence-corrected chi connectivity index (χ3v) is 5.09. The van der Waals surface area contributed by atoms with Crippen LogP contribution in [-0.4, -0.2) is 62.3 Å². The van der Waals surface area contributed by atoms with Crippen molar-refractivity contribution in [2.24, 2.45) is 5.73 Å². The van der Waals surface area contributed by atoms with Crippen molar-refractivity contribution in [3.63, 3.8) is 0 Å². The highest BCUT2D eigenvalue weighted by molar-refractivity contribution is 6.30. The number of halogens is 1. The van der Waals surface area contributed by atoms with Gasteiger partial charge in [0.15, 0.2) is 18.1 Å². The Hall–Kier alpha value is -2.97. The monoisotopic (exact) mass is 448 g/mol. The minimum Gasteiger partial charge on any atom is -0.493 e. The smallest absolute Gasteiger partial charge is 0.260 e. The number of primary amides is 1. The Morgan fingerprint density at radius 3 is 2.52 bits per heavy atom. The van der Waals surface area contributed by atoms with Gasteiger partial charge in [-0.25, -0.2) is 0 Å². The molecule has 0 radical (unpaired) electrons. The van der Waals surface area contributed by atoms with Crippen LogP contribution in [0.3, 0.4) is 0 Å². The summed E-state index contributed by atoms with van der Waals surface area (Å²) in [5.74, 6) is 0.798. The van der Waals surface area contributed by atoms with Crippen molar-refractivity contribution >= 4 is 23.4 Å². The molecule has 1 unspecified atom stereocenters. The molecule has 8 nitrogen and oxygen atoms in total. The van der Waals surface area contributed by atoms with Gasteiger partial charge in [0.2, 0.25) is 5.91 Å². The quantitative estimate of drug-likeness (QED) is 0.631. The Labute approximate surface area is 185 Å². The number of nitrogens with zero attached hydrogens (tertiary/aromatic N) is 1. The minimum absolute atomic E-state index is 0.0503. The van der Waals surface area contributed by atoms with Crippen LogP contribution in [-0.2, 0) is 14.3 Å². The van der Waals surface area contributed by atoms with Crippen LogP contribution < -0.4 is 19.9 Å². The van der Waals surface area contributed by atoms with Gasteiger partial charge in [-0.1, -0.05) is 23.7 Å². The van der Waals surface area contributed by atoms with E-state index in [1.54, 1.807) is 47.4 Å². The van der Waals surface area contributed by atoms with E-state index < -0.39 is 11.5 Å². The van der Waals surface area contributed by atoms with Crippen molar-refractivity contribution in [2.45, 2.75) is 12.0 Å². The van der Waals surface area contributed by atoms with Gasteiger partial charge in [0.05, 0.1) is 26.7 Å². The average molecular weight is 449 g/mol. The number of para-hydroxylation sites is 2. The number of benzene rings is 2. The number of carbonyl (C=O) groups is 2. The SMILES string of the molecule is COc1ccccc1OCC(=O)N1CCOC(COc2ccc(Cl)cc2)(CC(N)=O)C1. The predicted octanol–water partition coefficient (Wildman–Crippen LogP) is 2.28. The Kier molecular flexibility index (Phi) is 7.59. The number of methoxy groups -OCH3 is 1. The van der Waals surface area contributed by atoms with E-state index in [1.165, 1.54) is 7.11 Å². The van der Waals surface area contributed by atoms with Crippen LogP contribution in [0.1, 0.15) is 6.42 Å². The zero-order valence-electron chi connectivity index (χ0n) is 17.2. The van der Waals surface area contributed by atoms with Crippen molar-refractivity contribution in [3.05, 3.63) is 53.6 Å². The van der Waals surface area contributed by atoms with Crippen molar-refractivity contribution in [1.82, 2.24) is 4.90 Å². The molecule has 1 fully saturated rings. The molecule has 0 aliphatic carbocycles. The van der Waals surface area contributed by atoms with E-state index in [0.29, 0.717) is 28.8 Å². The van der Waals surface area contributed by atoms with Crippen LogP contribution in [0.4, 0.5) is 0 Å². The van der Waals surface area contributed by atoms with Crippen LogP contribution in [0, 0.1) is 0 Å². The first-order valence-electron chi connectivity index (χ1n) is 9.75. The fourth-order valence-corrected chi connectivity index (χ4v) is 3.46. The van der Waals surface area contributed by atoms with Gasteiger partial charge in [-0.05, 0) is 36.4 Å². The molecule has 9 heteroatoms. The third-order valence-electron chi connectivity index (χ3n) is 4.83. The normalized spacial score (nSPS) is 18.3. The van der Waals surface area contributed by atoms with E-state index in [9.17, 15) is 9.59 Å². The second kappa shape index (κ2) is 10.4. The molecule has 2 amide bonds. The number of amides is 2. The van der Waals surface area contributed by atoms with Crippen molar-refractivity contribution < 1.29 is 28.5 Å². The van der Waals surface area contributed by atoms with Crippen LogP contribution in [0.25, 0.3) is 0 Å². The molecule has 3 rings (SSSR count). The Bertz CT molecular complexity index is 907. The van der Waals surface area contributed by atoms with E-state index in [-0.39, 0.29) is 38.7 Å². The van der Waals surface area contributed by atoms with Crippen molar-refractivity contribution in [1.29, 1.82) is 0 Å². The Morgan fingerprint density at radius 1 is 1.13 bits per heavy atom. The summed E-state index contributed by atoms with van der Waals surface area (Å²) in [6.45, 7) is 0.644. The lowest BCUT2D eigenvalue weighted by Crippen LogP contribution is -2.58. The molecule has 2 aromatic carbocycles. The van der Waals surface area contributed by atoms with Gasteiger partial charge in [-0.3, -0.25) is 9.59 Å². The summed E-state index contributed by atoms with van der Waals surface area (Å²) in [6.07, 6.45) is -0.0856. The van der Waals surface area contributed by atoms with E-state index in [0.717, 1.165) is 0 Å². The van der Waals surface area contributed by atoms with E-state index in [1.807, 2.05) is 6.07 Å². The first-order chi connectivity index (χ1) is 14.9. The number of hydrogen-bond donors (Lipinski definition) is 1. The predicted molar refractivity (Wildman–Crippen MR) is 115 cm³/mol. The van der Waals surface area contributed by atoms with E-state index >= 15 is 0 Å². The molecule has 1 heterocycles. The maximum atomic E-state index is 12.8. The molecule has 0 bridgehead atoms. The van der Waals surface area contributed by atoms with Crippen LogP contribution >= 0.6 is 11.6 Å². The van der Waals surface area contributed by atoms with Gasteiger partial charge in [-0.2, -0.15) is 0 Å². The molecule has 0 saturated carbocycles. The lowest BCUT2D eigenvalue weighted by Gasteiger charge is -2.41. The van der Waals surface area contributed by atoms with Gasteiger partial charge < -0.3 is 29.6 Å². The fourth-order valence-electron chi connectivity index (χ4n) is 3.34. The van der Waals surface area contributed by atoms with Gasteiger partial charge in [0.25, 0.3) is 5.91 Å². The van der Waals surface area contributed by atoms with Crippen LogP contribution in [0.5, 0.6) is 17.2 Å². The summed E-state index contributed by atoms with van der Waals surface area (Å²) in [6, 6.07) is 13.9. The molecule has 1 saturated heterocycles. The lowest BCUT2D eigenvalue weighted by atomic mass is 9.97. The summed E-state index contributed by atoms with van der Waals surface area (Å²) >= 11 is 5.90. The van der Waals surface area contributed by atoms with Crippen LogP contribution in [0.15, 0.2) is 48.5 Å². The molecule has 2 aromatic rings. The summed E-state index contributed by atoms with van der Waals surface area (Å²) < 4.78 is 22.6. The summed E-state index contributed by atoms with van der Waals surface area (Å²) in [4.78, 5) is 26.1. The van der Waals surface area contributed by atoms with Gasteiger partial charge in [-0.15, -0.1) is 0 Å². The molecule has 1 atom stereocenters. The van der Waals surface area contributed by atoms with Gasteiger partial charge in [0.1, 0.15) is 18.0 Å². The average Bonchev–Trinajstić information content (AvgIpc) is 2.77. The highest BCUT2D eigenvalue weighted by Crippen LogP contribution is 2.27. The first-order valence-corrected chi connectivity index (χ1v) is 10.1. The maximum absolute atomic E-state index is 12.8. The zero-order valence-corrected chi connectivity index (χ0v) is 18.0. The van der Waals surface area contributed by atoms with E-state index in [4.69, 9.17) is 36.3 Å². The number of ether oxygens (including phenoxy) is 4. The summed E-state index contributed by atoms with van der Waals surface area (Å²) in [7, 11) is 1.53. The largest absolute Gasteiger partial charge is 0.493 e. The maximum Gasteiger partial charge on any atom is 0.260 e. The molecule has 1 aliphatic heterocycles. The first kappa shape index (κ1) is 22.7. The summed E-state index contributed by atoms with van der Waals surface area (Å²) in [5.41, 5.74) is 4.40. The highest BCUT2D eigenvalue weighted by atomic mass is 35.5. The Morgan fingerprint density at radius 2 is 1.84 bits per heavy atom. The van der Waals surface area contributed by atoms with Crippen molar-refractivity contribution in [2.75, 3.05) is 40.0 Å². The second-order valence-electron chi connectivity index (χ2n) is 7.17. The van der Waals surface area contributed by atoms with Crippen LogP contribution in [0.2, 0.25) is 5.02 Å². The number of morpholine rings is 1. The lowest BCUT2D eigenvalue weighted by molar-refractivity contribution is -0.163. The molecule has 2 N–H and O–H groups in total. The Balaban J connectivity index is 1.65. The van der Waals surface area contributed by atoms with Gasteiger partial charge in [0, 0.05) is 11.6 Å².